The van der Waals surface area contributed by atoms with Crippen LogP contribution in [0.1, 0.15) is 12.5 Å². The fourth-order valence-electron chi connectivity index (χ4n) is 2.73. The lowest BCUT2D eigenvalue weighted by molar-refractivity contribution is -0.385. The van der Waals surface area contributed by atoms with Crippen LogP contribution < -0.4 is 14.9 Å². The molecule has 0 aliphatic heterocycles. The van der Waals surface area contributed by atoms with Gasteiger partial charge in [-0.15, -0.1) is 0 Å². The normalized spacial score (nSPS) is 11.7. The van der Waals surface area contributed by atoms with E-state index in [4.69, 9.17) is 4.74 Å². The number of hydrogen-bond acceptors (Lipinski definition) is 7. The van der Waals surface area contributed by atoms with Gasteiger partial charge in [0.25, 0.3) is 15.7 Å². The summed E-state index contributed by atoms with van der Waals surface area (Å²) in [6.45, 7) is 1.75. The van der Waals surface area contributed by atoms with Crippen molar-refractivity contribution in [3.63, 3.8) is 0 Å². The molecule has 0 aliphatic rings. The first kappa shape index (κ1) is 23.2. The number of ether oxygens (including phenoxy) is 1. The molecule has 3 aromatic rings. The first-order valence-corrected chi connectivity index (χ1v) is 11.5. The molecule has 166 valence electrons. The van der Waals surface area contributed by atoms with E-state index in [2.05, 4.69) is 31.2 Å². The number of hydrogen-bond donors (Lipinski definition) is 2. The average Bonchev–Trinajstić information content (AvgIpc) is 2.77. The zero-order valence-corrected chi connectivity index (χ0v) is 19.5. The van der Waals surface area contributed by atoms with E-state index in [0.717, 1.165) is 16.1 Å². The summed E-state index contributed by atoms with van der Waals surface area (Å²) in [5.74, 6) is 0.558. The summed E-state index contributed by atoms with van der Waals surface area (Å²) < 4.78 is 34.5. The lowest BCUT2D eigenvalue weighted by atomic mass is 10.1. The van der Waals surface area contributed by atoms with Gasteiger partial charge >= 0.3 is 0 Å². The van der Waals surface area contributed by atoms with Crippen LogP contribution in [-0.4, -0.2) is 26.2 Å². The SMILES string of the molecule is COc1ccc(NS(=O)(=O)c2cc([N+](=O)[O-])ccc2N/N=C(/C)c2cccc(Br)c2)cc1. The lowest BCUT2D eigenvalue weighted by Crippen LogP contribution is -2.15. The molecule has 0 aliphatic carbocycles. The molecule has 2 N–H and O–H groups in total. The van der Waals surface area contributed by atoms with Crippen molar-refractivity contribution in [1.82, 2.24) is 0 Å². The molecular weight excluding hydrogens is 500 g/mol. The highest BCUT2D eigenvalue weighted by molar-refractivity contribution is 9.10. The minimum absolute atomic E-state index is 0.0889. The molecule has 32 heavy (non-hydrogen) atoms. The third kappa shape index (κ3) is 5.62. The van der Waals surface area contributed by atoms with Crippen LogP contribution in [0.4, 0.5) is 17.1 Å². The topological polar surface area (TPSA) is 123 Å². The molecule has 0 unspecified atom stereocenters. The molecule has 11 heteroatoms. The van der Waals surface area contributed by atoms with Gasteiger partial charge in [-0.05, 0) is 55.0 Å². The van der Waals surface area contributed by atoms with E-state index in [0.29, 0.717) is 11.5 Å². The Morgan fingerprint density at radius 3 is 2.44 bits per heavy atom. The Morgan fingerprint density at radius 1 is 1.09 bits per heavy atom. The molecule has 0 atom stereocenters. The summed E-state index contributed by atoms with van der Waals surface area (Å²) in [7, 11) is -2.68. The number of nitrogens with zero attached hydrogens (tertiary/aromatic N) is 2. The van der Waals surface area contributed by atoms with Crippen LogP contribution in [0.2, 0.25) is 0 Å². The maximum absolute atomic E-state index is 13.1. The van der Waals surface area contributed by atoms with Gasteiger partial charge in [-0.25, -0.2) is 8.42 Å². The van der Waals surface area contributed by atoms with Crippen LogP contribution >= 0.6 is 15.9 Å². The molecule has 0 radical (unpaired) electrons. The molecule has 3 aromatic carbocycles. The molecule has 0 spiro atoms. The van der Waals surface area contributed by atoms with E-state index in [1.807, 2.05) is 24.3 Å². The molecule has 0 fully saturated rings. The van der Waals surface area contributed by atoms with Gasteiger partial charge in [0.1, 0.15) is 10.6 Å². The molecule has 0 bridgehead atoms. The van der Waals surface area contributed by atoms with Gasteiger partial charge in [-0.1, -0.05) is 28.1 Å². The minimum atomic E-state index is -4.17. The second-order valence-corrected chi connectivity index (χ2v) is 9.16. The predicted molar refractivity (Wildman–Crippen MR) is 127 cm³/mol. The van der Waals surface area contributed by atoms with Crippen LogP contribution in [0.5, 0.6) is 5.75 Å². The first-order valence-electron chi connectivity index (χ1n) is 9.21. The number of anilines is 2. The van der Waals surface area contributed by atoms with Gasteiger partial charge in [0.05, 0.1) is 23.4 Å². The zero-order valence-electron chi connectivity index (χ0n) is 17.1. The maximum atomic E-state index is 13.1. The number of halogens is 1. The third-order valence-corrected chi connectivity index (χ3v) is 6.31. The van der Waals surface area contributed by atoms with Gasteiger partial charge in [0.15, 0.2) is 0 Å². The molecule has 0 amide bonds. The summed E-state index contributed by atoms with van der Waals surface area (Å²) in [6.07, 6.45) is 0. The van der Waals surface area contributed by atoms with Crippen LogP contribution in [0, 0.1) is 10.1 Å². The number of nitro benzene ring substituents is 1. The van der Waals surface area contributed by atoms with Gasteiger partial charge in [0, 0.05) is 22.3 Å². The average molecular weight is 519 g/mol. The van der Waals surface area contributed by atoms with Crippen LogP contribution in [-0.2, 0) is 10.0 Å². The monoisotopic (exact) mass is 518 g/mol. The number of sulfonamides is 1. The number of rotatable bonds is 8. The van der Waals surface area contributed by atoms with Gasteiger partial charge < -0.3 is 4.74 Å². The molecular formula is C21H19BrN4O5S. The number of methoxy groups -OCH3 is 1. The molecule has 0 saturated carbocycles. The van der Waals surface area contributed by atoms with Crippen molar-refractivity contribution in [3.05, 3.63) is 86.9 Å². The molecule has 0 saturated heterocycles. The van der Waals surface area contributed by atoms with Gasteiger partial charge in [-0.2, -0.15) is 5.10 Å². The zero-order chi connectivity index (χ0) is 23.3. The highest BCUT2D eigenvalue weighted by atomic mass is 79.9. The number of benzene rings is 3. The van der Waals surface area contributed by atoms with E-state index in [9.17, 15) is 18.5 Å². The van der Waals surface area contributed by atoms with Crippen molar-refractivity contribution in [2.24, 2.45) is 5.10 Å². The van der Waals surface area contributed by atoms with E-state index < -0.39 is 14.9 Å². The predicted octanol–water partition coefficient (Wildman–Crippen LogP) is 5.00. The Kier molecular flexibility index (Phi) is 7.11. The highest BCUT2D eigenvalue weighted by Gasteiger charge is 2.23. The number of nitrogens with one attached hydrogen (secondary N) is 2. The van der Waals surface area contributed by atoms with Gasteiger partial charge in [-0.3, -0.25) is 20.3 Å². The van der Waals surface area contributed by atoms with Crippen molar-refractivity contribution in [2.75, 3.05) is 17.3 Å². The molecule has 0 heterocycles. The summed E-state index contributed by atoms with van der Waals surface area (Å²) in [5.41, 5.74) is 4.13. The Bertz CT molecular complexity index is 1280. The van der Waals surface area contributed by atoms with E-state index >= 15 is 0 Å². The van der Waals surface area contributed by atoms with E-state index in [-0.39, 0.29) is 22.0 Å². The molecule has 9 nitrogen and oxygen atoms in total. The second-order valence-electron chi connectivity index (χ2n) is 6.59. The maximum Gasteiger partial charge on any atom is 0.270 e. The molecule has 0 aromatic heterocycles. The van der Waals surface area contributed by atoms with Crippen molar-refractivity contribution in [2.45, 2.75) is 11.8 Å². The van der Waals surface area contributed by atoms with Crippen LogP contribution in [0.25, 0.3) is 0 Å². The van der Waals surface area contributed by atoms with E-state index in [1.165, 1.54) is 31.4 Å². The number of non-ortho nitro benzene ring substituents is 1. The van der Waals surface area contributed by atoms with Crippen LogP contribution in [0.3, 0.4) is 0 Å². The van der Waals surface area contributed by atoms with E-state index in [1.54, 1.807) is 19.1 Å². The van der Waals surface area contributed by atoms with Crippen molar-refractivity contribution < 1.29 is 18.1 Å². The minimum Gasteiger partial charge on any atom is -0.497 e. The Balaban J connectivity index is 1.96. The largest absolute Gasteiger partial charge is 0.497 e. The fourth-order valence-corrected chi connectivity index (χ4v) is 4.37. The first-order chi connectivity index (χ1) is 15.2. The van der Waals surface area contributed by atoms with Crippen LogP contribution in [0.15, 0.2) is 81.2 Å². The smallest absolute Gasteiger partial charge is 0.270 e. The Labute approximate surface area is 193 Å². The second kappa shape index (κ2) is 9.79. The summed E-state index contributed by atoms with van der Waals surface area (Å²) in [5, 5.41) is 15.5. The molecule has 3 rings (SSSR count). The summed E-state index contributed by atoms with van der Waals surface area (Å²) in [6, 6.07) is 17.2. The fraction of sp³-hybridized carbons (Fsp3) is 0.0952. The van der Waals surface area contributed by atoms with Crippen molar-refractivity contribution in [3.8, 4) is 5.75 Å². The quantitative estimate of drug-likeness (QED) is 0.245. The highest BCUT2D eigenvalue weighted by Crippen LogP contribution is 2.29. The van der Waals surface area contributed by atoms with Crippen molar-refractivity contribution in [1.29, 1.82) is 0 Å². The van der Waals surface area contributed by atoms with Gasteiger partial charge in [0.2, 0.25) is 0 Å². The standard InChI is InChI=1S/C21H19BrN4O5S/c1-14(15-4-3-5-16(22)12-15)23-24-20-11-8-18(26(27)28)13-21(20)32(29,30)25-17-6-9-19(31-2)10-7-17/h3-13,24-25H,1-2H3/b23-14-. The number of hydrazone groups is 1. The van der Waals surface area contributed by atoms with Crippen molar-refractivity contribution >= 4 is 48.7 Å². The Hall–Kier alpha value is -3.44. The Morgan fingerprint density at radius 2 is 1.81 bits per heavy atom. The third-order valence-electron chi connectivity index (χ3n) is 4.39. The summed E-state index contributed by atoms with van der Waals surface area (Å²) in [4.78, 5) is 10.3. The number of nitro groups is 1. The lowest BCUT2D eigenvalue weighted by Gasteiger charge is -2.13. The summed E-state index contributed by atoms with van der Waals surface area (Å²) >= 11 is 3.39.